The molecule has 1 aromatic rings. The van der Waals surface area contributed by atoms with E-state index in [-0.39, 0.29) is 5.41 Å². The summed E-state index contributed by atoms with van der Waals surface area (Å²) < 4.78 is 0. The smallest absolute Gasteiger partial charge is 0.0835 e. The van der Waals surface area contributed by atoms with E-state index in [9.17, 15) is 5.26 Å². The fraction of sp³-hybridized carbons (Fsp3) is 0.588. The second kappa shape index (κ2) is 5.75. The SMILES string of the molecule is CC(C)c1ccc(C2(C#N)CCCN(C)CC2)cc1. The van der Waals surface area contributed by atoms with Crippen LogP contribution in [-0.4, -0.2) is 25.0 Å². The van der Waals surface area contributed by atoms with Gasteiger partial charge in [-0.1, -0.05) is 38.1 Å². The Kier molecular flexibility index (Phi) is 4.27. The normalized spacial score (nSPS) is 25.0. The maximum atomic E-state index is 9.72. The lowest BCUT2D eigenvalue weighted by Gasteiger charge is -2.26. The van der Waals surface area contributed by atoms with Crippen molar-refractivity contribution in [3.05, 3.63) is 35.4 Å². The van der Waals surface area contributed by atoms with Crippen LogP contribution in [0.25, 0.3) is 0 Å². The molecule has 0 spiro atoms. The fourth-order valence-electron chi connectivity index (χ4n) is 2.92. The third-order valence-corrected chi connectivity index (χ3v) is 4.41. The molecule has 0 amide bonds. The Bertz CT molecular complexity index is 455. The van der Waals surface area contributed by atoms with Crippen molar-refractivity contribution >= 4 is 0 Å². The van der Waals surface area contributed by atoms with Crippen LogP contribution in [0.4, 0.5) is 0 Å². The van der Waals surface area contributed by atoms with E-state index in [1.54, 1.807) is 0 Å². The van der Waals surface area contributed by atoms with Crippen LogP contribution >= 0.6 is 0 Å². The van der Waals surface area contributed by atoms with Crippen LogP contribution in [-0.2, 0) is 5.41 Å². The summed E-state index contributed by atoms with van der Waals surface area (Å²) in [5, 5.41) is 9.72. The first kappa shape index (κ1) is 14.1. The molecule has 1 atom stereocenters. The fourth-order valence-corrected chi connectivity index (χ4v) is 2.92. The van der Waals surface area contributed by atoms with Crippen LogP contribution in [0.5, 0.6) is 0 Å². The van der Waals surface area contributed by atoms with Gasteiger partial charge >= 0.3 is 0 Å². The van der Waals surface area contributed by atoms with Gasteiger partial charge in [0, 0.05) is 0 Å². The van der Waals surface area contributed by atoms with Gasteiger partial charge in [0.05, 0.1) is 11.5 Å². The van der Waals surface area contributed by atoms with Crippen molar-refractivity contribution in [3.63, 3.8) is 0 Å². The second-order valence-electron chi connectivity index (χ2n) is 6.13. The number of likely N-dealkylation sites (tertiary alicyclic amines) is 1. The van der Waals surface area contributed by atoms with Crippen LogP contribution < -0.4 is 0 Å². The standard InChI is InChI=1S/C17H24N2/c1-14(2)15-5-7-16(8-6-15)17(13-18)9-4-11-19(3)12-10-17/h5-8,14H,4,9-12H2,1-3H3. The molecule has 1 fully saturated rings. The molecule has 2 nitrogen and oxygen atoms in total. The molecule has 0 saturated carbocycles. The van der Waals surface area contributed by atoms with Gasteiger partial charge in [0.15, 0.2) is 0 Å². The van der Waals surface area contributed by atoms with E-state index in [1.807, 2.05) is 0 Å². The van der Waals surface area contributed by atoms with Crippen molar-refractivity contribution in [2.24, 2.45) is 0 Å². The lowest BCUT2D eigenvalue weighted by molar-refractivity contribution is 0.342. The van der Waals surface area contributed by atoms with Crippen molar-refractivity contribution < 1.29 is 0 Å². The molecule has 1 aliphatic heterocycles. The number of hydrogen-bond donors (Lipinski definition) is 0. The predicted molar refractivity (Wildman–Crippen MR) is 79.2 cm³/mol. The van der Waals surface area contributed by atoms with Gasteiger partial charge in [-0.05, 0) is 56.4 Å². The highest BCUT2D eigenvalue weighted by atomic mass is 15.1. The number of nitriles is 1. The lowest BCUT2D eigenvalue weighted by atomic mass is 9.75. The molecule has 1 unspecified atom stereocenters. The van der Waals surface area contributed by atoms with Gasteiger partial charge in [-0.3, -0.25) is 0 Å². The lowest BCUT2D eigenvalue weighted by Crippen LogP contribution is -2.26. The van der Waals surface area contributed by atoms with Crippen LogP contribution in [0.2, 0.25) is 0 Å². The molecule has 2 rings (SSSR count). The first-order valence-corrected chi connectivity index (χ1v) is 7.28. The maximum absolute atomic E-state index is 9.72. The molecular weight excluding hydrogens is 232 g/mol. The van der Waals surface area contributed by atoms with Gasteiger partial charge in [-0.15, -0.1) is 0 Å². The van der Waals surface area contributed by atoms with Gasteiger partial charge in [0.2, 0.25) is 0 Å². The third-order valence-electron chi connectivity index (χ3n) is 4.41. The number of rotatable bonds is 2. The largest absolute Gasteiger partial charge is 0.306 e. The second-order valence-corrected chi connectivity index (χ2v) is 6.13. The zero-order valence-corrected chi connectivity index (χ0v) is 12.3. The Morgan fingerprint density at radius 2 is 1.84 bits per heavy atom. The van der Waals surface area contributed by atoms with Crippen LogP contribution in [0.1, 0.15) is 50.2 Å². The van der Waals surface area contributed by atoms with E-state index in [0.29, 0.717) is 5.92 Å². The number of nitrogens with zero attached hydrogens (tertiary/aromatic N) is 2. The molecule has 0 radical (unpaired) electrons. The minimum atomic E-state index is -0.278. The van der Waals surface area contributed by atoms with Crippen LogP contribution in [0.15, 0.2) is 24.3 Å². The van der Waals surface area contributed by atoms with Crippen LogP contribution in [0, 0.1) is 11.3 Å². The molecule has 19 heavy (non-hydrogen) atoms. The van der Waals surface area contributed by atoms with Crippen molar-refractivity contribution in [2.45, 2.75) is 44.4 Å². The summed E-state index contributed by atoms with van der Waals surface area (Å²) >= 11 is 0. The van der Waals surface area contributed by atoms with Gasteiger partial charge in [-0.25, -0.2) is 0 Å². The monoisotopic (exact) mass is 256 g/mol. The summed E-state index contributed by atoms with van der Waals surface area (Å²) in [7, 11) is 2.15. The molecule has 1 heterocycles. The molecule has 0 N–H and O–H groups in total. The minimum absolute atomic E-state index is 0.278. The molecule has 1 aliphatic rings. The summed E-state index contributed by atoms with van der Waals surface area (Å²) in [4.78, 5) is 2.33. The average Bonchev–Trinajstić information content (AvgIpc) is 2.61. The summed E-state index contributed by atoms with van der Waals surface area (Å²) in [5.74, 6) is 0.548. The van der Waals surface area contributed by atoms with Crippen molar-refractivity contribution in [1.29, 1.82) is 5.26 Å². The van der Waals surface area contributed by atoms with Crippen molar-refractivity contribution in [3.8, 4) is 6.07 Å². The molecule has 0 aliphatic carbocycles. The van der Waals surface area contributed by atoms with Gasteiger partial charge in [0.25, 0.3) is 0 Å². The van der Waals surface area contributed by atoms with E-state index in [2.05, 4.69) is 56.1 Å². The highest BCUT2D eigenvalue weighted by molar-refractivity contribution is 5.35. The Morgan fingerprint density at radius 3 is 2.42 bits per heavy atom. The van der Waals surface area contributed by atoms with E-state index in [4.69, 9.17) is 0 Å². The minimum Gasteiger partial charge on any atom is -0.306 e. The molecule has 102 valence electrons. The zero-order chi connectivity index (χ0) is 13.9. The van der Waals surface area contributed by atoms with E-state index >= 15 is 0 Å². The molecule has 0 bridgehead atoms. The Morgan fingerprint density at radius 1 is 1.16 bits per heavy atom. The molecule has 1 aromatic carbocycles. The quantitative estimate of drug-likeness (QED) is 0.807. The Hall–Kier alpha value is -1.33. The number of benzene rings is 1. The molecule has 1 saturated heterocycles. The third kappa shape index (κ3) is 2.98. The Balaban J connectivity index is 2.28. The molecule has 0 aromatic heterocycles. The summed E-state index contributed by atoms with van der Waals surface area (Å²) in [5.41, 5.74) is 2.28. The van der Waals surface area contributed by atoms with Gasteiger partial charge in [0.1, 0.15) is 0 Å². The Labute approximate surface area is 117 Å². The van der Waals surface area contributed by atoms with E-state index < -0.39 is 0 Å². The van der Waals surface area contributed by atoms with Gasteiger partial charge < -0.3 is 4.90 Å². The van der Waals surface area contributed by atoms with Crippen molar-refractivity contribution in [1.82, 2.24) is 4.90 Å². The number of hydrogen-bond acceptors (Lipinski definition) is 2. The highest BCUT2D eigenvalue weighted by Crippen LogP contribution is 2.35. The highest BCUT2D eigenvalue weighted by Gasteiger charge is 2.33. The van der Waals surface area contributed by atoms with E-state index in [0.717, 1.165) is 32.4 Å². The first-order valence-electron chi connectivity index (χ1n) is 7.28. The van der Waals surface area contributed by atoms with Crippen molar-refractivity contribution in [2.75, 3.05) is 20.1 Å². The summed E-state index contributed by atoms with van der Waals surface area (Å²) in [6.07, 6.45) is 3.03. The average molecular weight is 256 g/mol. The maximum Gasteiger partial charge on any atom is 0.0835 e. The van der Waals surface area contributed by atoms with Crippen LogP contribution in [0.3, 0.4) is 0 Å². The topological polar surface area (TPSA) is 27.0 Å². The van der Waals surface area contributed by atoms with E-state index in [1.165, 1.54) is 11.1 Å². The predicted octanol–water partition coefficient (Wildman–Crippen LogP) is 3.69. The zero-order valence-electron chi connectivity index (χ0n) is 12.3. The summed E-state index contributed by atoms with van der Waals surface area (Å²) in [6, 6.07) is 11.3. The first-order chi connectivity index (χ1) is 9.07. The molecule has 2 heteroatoms. The summed E-state index contributed by atoms with van der Waals surface area (Å²) in [6.45, 7) is 6.53. The van der Waals surface area contributed by atoms with Gasteiger partial charge in [-0.2, -0.15) is 5.26 Å². The molecular formula is C17H24N2.